The zero-order valence-electron chi connectivity index (χ0n) is 8.53. The number of rotatable bonds is 2. The molecule has 0 aromatic heterocycles. The third kappa shape index (κ3) is 2.67. The monoisotopic (exact) mass is 262 g/mol. The van der Waals surface area contributed by atoms with Crippen LogP contribution >= 0.6 is 23.2 Å². The van der Waals surface area contributed by atoms with Crippen LogP contribution in [0.3, 0.4) is 0 Å². The second-order valence-electron chi connectivity index (χ2n) is 3.59. The average molecular weight is 263 g/mol. The molecule has 0 radical (unpaired) electrons. The highest BCUT2D eigenvalue weighted by molar-refractivity contribution is 6.33. The summed E-state index contributed by atoms with van der Waals surface area (Å²) < 4.78 is 10.6. The maximum atomic E-state index is 10.1. The van der Waals surface area contributed by atoms with Gasteiger partial charge in [-0.15, -0.1) is 0 Å². The molecule has 0 saturated carbocycles. The quantitative estimate of drug-likeness (QED) is 0.890. The predicted octanol–water partition coefficient (Wildman–Crippen LogP) is 2.44. The van der Waals surface area contributed by atoms with Crippen molar-refractivity contribution >= 4 is 23.2 Å². The van der Waals surface area contributed by atoms with E-state index in [1.807, 2.05) is 0 Å². The lowest BCUT2D eigenvalue weighted by Crippen LogP contribution is -2.33. The molecule has 1 aliphatic rings. The van der Waals surface area contributed by atoms with Gasteiger partial charge >= 0.3 is 0 Å². The Hall–Kier alpha value is -0.320. The van der Waals surface area contributed by atoms with E-state index in [1.165, 1.54) is 0 Å². The fourth-order valence-corrected chi connectivity index (χ4v) is 2.04. The number of hydrogen-bond acceptors (Lipinski definition) is 3. The molecule has 16 heavy (non-hydrogen) atoms. The maximum Gasteiger partial charge on any atom is 0.111 e. The molecular formula is C11H12Cl2O3. The number of aliphatic hydroxyl groups excluding tert-OH is 1. The molecular weight excluding hydrogens is 251 g/mol. The van der Waals surface area contributed by atoms with Gasteiger partial charge < -0.3 is 14.6 Å². The number of benzene rings is 1. The summed E-state index contributed by atoms with van der Waals surface area (Å²) in [6.45, 7) is 1.41. The van der Waals surface area contributed by atoms with Crippen molar-refractivity contribution in [1.82, 2.24) is 0 Å². The molecule has 1 saturated heterocycles. The smallest absolute Gasteiger partial charge is 0.111 e. The van der Waals surface area contributed by atoms with E-state index in [0.29, 0.717) is 35.4 Å². The van der Waals surface area contributed by atoms with Gasteiger partial charge in [-0.1, -0.05) is 23.2 Å². The van der Waals surface area contributed by atoms with Gasteiger partial charge in [0.25, 0.3) is 0 Å². The molecule has 1 aromatic rings. The van der Waals surface area contributed by atoms with Gasteiger partial charge in [0.05, 0.1) is 19.8 Å². The van der Waals surface area contributed by atoms with E-state index in [0.717, 1.165) is 0 Å². The Morgan fingerprint density at radius 1 is 1.31 bits per heavy atom. The summed E-state index contributed by atoms with van der Waals surface area (Å²) in [5, 5.41) is 11.1. The van der Waals surface area contributed by atoms with E-state index in [4.69, 9.17) is 32.7 Å². The number of aliphatic hydroxyl groups is 1. The van der Waals surface area contributed by atoms with Crippen molar-refractivity contribution in [2.75, 3.05) is 19.8 Å². The van der Waals surface area contributed by atoms with E-state index in [9.17, 15) is 5.11 Å². The summed E-state index contributed by atoms with van der Waals surface area (Å²) in [5.41, 5.74) is 0.574. The standard InChI is InChI=1S/C11H12Cl2O3/c12-7-1-2-9(13)8(5-7)11(14)10-6-15-3-4-16-10/h1-2,5,10-11,14H,3-4,6H2. The van der Waals surface area contributed by atoms with Gasteiger partial charge in [0.15, 0.2) is 0 Å². The molecule has 2 rings (SSSR count). The number of ether oxygens (including phenoxy) is 2. The molecule has 1 heterocycles. The molecule has 2 unspecified atom stereocenters. The van der Waals surface area contributed by atoms with Gasteiger partial charge in [0.2, 0.25) is 0 Å². The van der Waals surface area contributed by atoms with Crippen molar-refractivity contribution in [3.63, 3.8) is 0 Å². The third-order valence-corrected chi connectivity index (χ3v) is 3.05. The predicted molar refractivity (Wildman–Crippen MR) is 62.0 cm³/mol. The normalized spacial score (nSPS) is 23.1. The van der Waals surface area contributed by atoms with Crippen LogP contribution in [0, 0.1) is 0 Å². The highest BCUT2D eigenvalue weighted by atomic mass is 35.5. The van der Waals surface area contributed by atoms with Crippen molar-refractivity contribution in [1.29, 1.82) is 0 Å². The molecule has 2 atom stereocenters. The molecule has 0 spiro atoms. The lowest BCUT2D eigenvalue weighted by atomic mass is 10.0. The van der Waals surface area contributed by atoms with Gasteiger partial charge in [0.1, 0.15) is 12.2 Å². The third-order valence-electron chi connectivity index (χ3n) is 2.47. The first-order chi connectivity index (χ1) is 7.68. The van der Waals surface area contributed by atoms with Crippen LogP contribution in [-0.2, 0) is 9.47 Å². The fourth-order valence-electron chi connectivity index (χ4n) is 1.63. The average Bonchev–Trinajstić information content (AvgIpc) is 2.32. The van der Waals surface area contributed by atoms with Gasteiger partial charge in [0, 0.05) is 15.6 Å². The van der Waals surface area contributed by atoms with Crippen LogP contribution in [0.25, 0.3) is 0 Å². The number of hydrogen-bond donors (Lipinski definition) is 1. The lowest BCUT2D eigenvalue weighted by Gasteiger charge is -2.27. The minimum Gasteiger partial charge on any atom is -0.386 e. The topological polar surface area (TPSA) is 38.7 Å². The first-order valence-electron chi connectivity index (χ1n) is 5.01. The fraction of sp³-hybridized carbons (Fsp3) is 0.455. The van der Waals surface area contributed by atoms with Crippen LogP contribution in [0.1, 0.15) is 11.7 Å². The van der Waals surface area contributed by atoms with Gasteiger partial charge in [-0.05, 0) is 18.2 Å². The zero-order valence-corrected chi connectivity index (χ0v) is 10.0. The summed E-state index contributed by atoms with van der Waals surface area (Å²) in [6, 6.07) is 4.98. The Morgan fingerprint density at radius 2 is 2.12 bits per heavy atom. The second kappa shape index (κ2) is 5.34. The minimum absolute atomic E-state index is 0.365. The molecule has 3 nitrogen and oxygen atoms in total. The van der Waals surface area contributed by atoms with Crippen LogP contribution in [0.4, 0.5) is 0 Å². The summed E-state index contributed by atoms with van der Waals surface area (Å²) in [5.74, 6) is 0. The molecule has 1 aliphatic heterocycles. The van der Waals surface area contributed by atoms with Gasteiger partial charge in [-0.2, -0.15) is 0 Å². The van der Waals surface area contributed by atoms with Crippen molar-refractivity contribution in [3.8, 4) is 0 Å². The lowest BCUT2D eigenvalue weighted by molar-refractivity contribution is -0.133. The first kappa shape index (κ1) is 12.1. The van der Waals surface area contributed by atoms with E-state index in [2.05, 4.69) is 0 Å². The summed E-state index contributed by atoms with van der Waals surface area (Å²) in [7, 11) is 0. The molecule has 1 aromatic carbocycles. The van der Waals surface area contributed by atoms with E-state index in [-0.39, 0.29) is 6.10 Å². The molecule has 1 fully saturated rings. The first-order valence-corrected chi connectivity index (χ1v) is 5.76. The molecule has 0 aliphatic carbocycles. The Labute approximate surface area is 104 Å². The number of halogens is 2. The molecule has 0 bridgehead atoms. The van der Waals surface area contributed by atoms with Crippen molar-refractivity contribution < 1.29 is 14.6 Å². The van der Waals surface area contributed by atoms with Crippen LogP contribution in [0.5, 0.6) is 0 Å². The van der Waals surface area contributed by atoms with Crippen molar-refractivity contribution in [2.24, 2.45) is 0 Å². The summed E-state index contributed by atoms with van der Waals surface area (Å²) in [6.07, 6.45) is -1.20. The summed E-state index contributed by atoms with van der Waals surface area (Å²) in [4.78, 5) is 0. The van der Waals surface area contributed by atoms with Crippen molar-refractivity contribution in [3.05, 3.63) is 33.8 Å². The van der Waals surface area contributed by atoms with Crippen LogP contribution in [-0.4, -0.2) is 31.0 Å². The van der Waals surface area contributed by atoms with E-state index in [1.54, 1.807) is 18.2 Å². The molecule has 5 heteroatoms. The molecule has 88 valence electrons. The Balaban J connectivity index is 2.18. The largest absolute Gasteiger partial charge is 0.386 e. The van der Waals surface area contributed by atoms with Gasteiger partial charge in [-0.3, -0.25) is 0 Å². The minimum atomic E-state index is -0.813. The zero-order chi connectivity index (χ0) is 11.5. The Kier molecular flexibility index (Phi) is 4.05. The highest BCUT2D eigenvalue weighted by Crippen LogP contribution is 2.30. The highest BCUT2D eigenvalue weighted by Gasteiger charge is 2.26. The van der Waals surface area contributed by atoms with E-state index >= 15 is 0 Å². The van der Waals surface area contributed by atoms with E-state index < -0.39 is 6.10 Å². The molecule has 1 N–H and O–H groups in total. The van der Waals surface area contributed by atoms with Crippen LogP contribution in [0.15, 0.2) is 18.2 Å². The summed E-state index contributed by atoms with van der Waals surface area (Å²) >= 11 is 11.9. The van der Waals surface area contributed by atoms with Gasteiger partial charge in [-0.25, -0.2) is 0 Å². The Morgan fingerprint density at radius 3 is 2.81 bits per heavy atom. The van der Waals surface area contributed by atoms with Crippen LogP contribution < -0.4 is 0 Å². The second-order valence-corrected chi connectivity index (χ2v) is 4.44. The van der Waals surface area contributed by atoms with Crippen molar-refractivity contribution in [2.45, 2.75) is 12.2 Å². The SMILES string of the molecule is OC(c1cc(Cl)ccc1Cl)C1COCCO1. The van der Waals surface area contributed by atoms with Crippen LogP contribution in [0.2, 0.25) is 10.0 Å². The Bertz CT molecular complexity index is 364. The molecule has 0 amide bonds. The maximum absolute atomic E-state index is 10.1.